The number of hydrogen-bond donors (Lipinski definition) is 2. The van der Waals surface area contributed by atoms with Crippen molar-refractivity contribution in [2.45, 2.75) is 13.0 Å². The molecular weight excluding hydrogens is 454 g/mol. The van der Waals surface area contributed by atoms with Crippen LogP contribution in [0.2, 0.25) is 0 Å². The highest BCUT2D eigenvalue weighted by Crippen LogP contribution is 2.34. The van der Waals surface area contributed by atoms with E-state index in [1.54, 1.807) is 20.4 Å². The largest absolute Gasteiger partial charge is 0.493 e. The Kier molecular flexibility index (Phi) is 6.51. The molecule has 0 amide bonds. The molecule has 0 fully saturated rings. The third kappa shape index (κ3) is 4.34. The van der Waals surface area contributed by atoms with Crippen LogP contribution in [-0.4, -0.2) is 46.6 Å². The fraction of sp³-hybridized carbons (Fsp3) is 0.179. The molecule has 0 bridgehead atoms. The van der Waals surface area contributed by atoms with E-state index in [0.29, 0.717) is 23.6 Å². The first-order valence-electron chi connectivity index (χ1n) is 11.6. The van der Waals surface area contributed by atoms with Crippen LogP contribution in [0, 0.1) is 0 Å². The first kappa shape index (κ1) is 23.3. The number of methoxy groups -OCH3 is 2. The van der Waals surface area contributed by atoms with E-state index in [0.717, 1.165) is 45.1 Å². The molecular formula is C28H27N5O3. The van der Waals surface area contributed by atoms with Crippen molar-refractivity contribution < 1.29 is 14.3 Å². The lowest BCUT2D eigenvalue weighted by molar-refractivity contribution is -0.104. The number of hydrogen-bond acceptors (Lipinski definition) is 6. The molecule has 4 heterocycles. The van der Waals surface area contributed by atoms with Gasteiger partial charge in [0.25, 0.3) is 0 Å². The maximum Gasteiger partial charge on any atom is 0.161 e. The first-order valence-corrected chi connectivity index (χ1v) is 11.6. The van der Waals surface area contributed by atoms with Crippen molar-refractivity contribution in [1.29, 1.82) is 0 Å². The summed E-state index contributed by atoms with van der Waals surface area (Å²) in [5.74, 6) is 1.35. The lowest BCUT2D eigenvalue weighted by Crippen LogP contribution is -2.21. The number of pyridine rings is 2. The molecule has 36 heavy (non-hydrogen) atoms. The summed E-state index contributed by atoms with van der Waals surface area (Å²) in [4.78, 5) is 19.7. The minimum atomic E-state index is -0.00728. The number of nitrogens with one attached hydrogen (secondary N) is 2. The van der Waals surface area contributed by atoms with Gasteiger partial charge in [-0.2, -0.15) is 5.10 Å². The van der Waals surface area contributed by atoms with E-state index in [1.807, 2.05) is 78.6 Å². The SMILES string of the molecule is COc1ccc([C@@H](C)NC/C(C=O)=C/c2c[nH]c3nccc(-c4cnn5ccccc45)c23)cc1OC. The number of H-pyrrole nitrogens is 1. The van der Waals surface area contributed by atoms with E-state index in [-0.39, 0.29) is 6.04 Å². The number of aldehydes is 1. The normalized spacial score (nSPS) is 12.7. The van der Waals surface area contributed by atoms with Gasteiger partial charge < -0.3 is 19.8 Å². The van der Waals surface area contributed by atoms with Gasteiger partial charge in [0.15, 0.2) is 11.5 Å². The lowest BCUT2D eigenvalue weighted by atomic mass is 10.0. The van der Waals surface area contributed by atoms with Gasteiger partial charge >= 0.3 is 0 Å². The van der Waals surface area contributed by atoms with Crippen LogP contribution < -0.4 is 14.8 Å². The zero-order chi connectivity index (χ0) is 25.1. The molecule has 1 aromatic carbocycles. The Balaban J connectivity index is 1.44. The molecule has 0 unspecified atom stereocenters. The summed E-state index contributed by atoms with van der Waals surface area (Å²) >= 11 is 0. The van der Waals surface area contributed by atoms with Gasteiger partial charge in [-0.1, -0.05) is 12.1 Å². The zero-order valence-corrected chi connectivity index (χ0v) is 20.4. The van der Waals surface area contributed by atoms with Gasteiger partial charge in [0, 0.05) is 53.3 Å². The van der Waals surface area contributed by atoms with Gasteiger partial charge in [0.2, 0.25) is 0 Å². The summed E-state index contributed by atoms with van der Waals surface area (Å²) < 4.78 is 12.6. The fourth-order valence-corrected chi connectivity index (χ4v) is 4.40. The number of aromatic amines is 1. The van der Waals surface area contributed by atoms with Crippen LogP contribution in [0.5, 0.6) is 11.5 Å². The van der Waals surface area contributed by atoms with Gasteiger partial charge in [-0.05, 0) is 54.5 Å². The second-order valence-electron chi connectivity index (χ2n) is 8.47. The second-order valence-corrected chi connectivity index (χ2v) is 8.47. The molecule has 5 rings (SSSR count). The van der Waals surface area contributed by atoms with Crippen LogP contribution in [0.4, 0.5) is 0 Å². The van der Waals surface area contributed by atoms with Crippen molar-refractivity contribution >= 4 is 28.9 Å². The maximum absolute atomic E-state index is 12.0. The predicted octanol–water partition coefficient (Wildman–Crippen LogP) is 4.83. The number of benzene rings is 1. The Hall–Kier alpha value is -4.43. The van der Waals surface area contributed by atoms with Crippen LogP contribution >= 0.6 is 0 Å². The van der Waals surface area contributed by atoms with Crippen LogP contribution in [0.1, 0.15) is 24.1 Å². The summed E-state index contributed by atoms with van der Waals surface area (Å²) in [5.41, 5.74) is 6.32. The minimum absolute atomic E-state index is 0.00728. The highest BCUT2D eigenvalue weighted by molar-refractivity contribution is 6.03. The van der Waals surface area contributed by atoms with Gasteiger partial charge in [-0.25, -0.2) is 9.50 Å². The Labute approximate surface area is 208 Å². The monoisotopic (exact) mass is 481 g/mol. The molecule has 182 valence electrons. The Morgan fingerprint density at radius 3 is 2.81 bits per heavy atom. The molecule has 0 saturated heterocycles. The standard InChI is InChI=1S/C28H27N5O3/c1-18(20-7-8-25(35-2)26(13-20)36-3)30-14-19(17-34)12-21-15-31-28-27(21)22(9-10-29-28)23-16-32-33-11-5-4-6-24(23)33/h4-13,15-18,30H,14H2,1-3H3,(H,29,31)/b19-12-/t18-/m1/s1. The van der Waals surface area contributed by atoms with Crippen LogP contribution in [-0.2, 0) is 4.79 Å². The van der Waals surface area contributed by atoms with E-state index in [4.69, 9.17) is 9.47 Å². The molecule has 0 radical (unpaired) electrons. The number of rotatable bonds is 9. The summed E-state index contributed by atoms with van der Waals surface area (Å²) in [6.45, 7) is 2.45. The summed E-state index contributed by atoms with van der Waals surface area (Å²) in [7, 11) is 3.23. The number of fused-ring (bicyclic) bond motifs is 2. The molecule has 2 N–H and O–H groups in total. The number of aromatic nitrogens is 4. The number of nitrogens with zero attached hydrogens (tertiary/aromatic N) is 3. The quantitative estimate of drug-likeness (QED) is 0.231. The first-order chi connectivity index (χ1) is 17.6. The average Bonchev–Trinajstić information content (AvgIpc) is 3.54. The third-order valence-corrected chi connectivity index (χ3v) is 6.33. The zero-order valence-electron chi connectivity index (χ0n) is 20.4. The number of carbonyl (C=O) groups excluding carboxylic acids is 1. The molecule has 8 heteroatoms. The average molecular weight is 482 g/mol. The summed E-state index contributed by atoms with van der Waals surface area (Å²) in [6.07, 6.45) is 10.2. The molecule has 0 saturated carbocycles. The Bertz CT molecular complexity index is 1570. The molecule has 1 atom stereocenters. The lowest BCUT2D eigenvalue weighted by Gasteiger charge is -2.16. The van der Waals surface area contributed by atoms with Crippen molar-refractivity contribution in [3.05, 3.63) is 84.0 Å². The topological polar surface area (TPSA) is 93.5 Å². The van der Waals surface area contributed by atoms with Gasteiger partial charge in [-0.15, -0.1) is 0 Å². The van der Waals surface area contributed by atoms with Gasteiger partial charge in [0.1, 0.15) is 11.9 Å². The number of carbonyl (C=O) groups is 1. The predicted molar refractivity (Wildman–Crippen MR) is 140 cm³/mol. The van der Waals surface area contributed by atoms with Crippen LogP contribution in [0.15, 0.2) is 72.8 Å². The van der Waals surface area contributed by atoms with Crippen molar-refractivity contribution in [2.24, 2.45) is 0 Å². The van der Waals surface area contributed by atoms with E-state index in [2.05, 4.69) is 20.4 Å². The van der Waals surface area contributed by atoms with E-state index >= 15 is 0 Å². The van der Waals surface area contributed by atoms with Gasteiger partial charge in [-0.3, -0.25) is 4.79 Å². The van der Waals surface area contributed by atoms with Crippen LogP contribution in [0.3, 0.4) is 0 Å². The molecule has 4 aromatic heterocycles. The van der Waals surface area contributed by atoms with Crippen LogP contribution in [0.25, 0.3) is 33.8 Å². The summed E-state index contributed by atoms with van der Waals surface area (Å²) in [6, 6.07) is 13.8. The van der Waals surface area contributed by atoms with E-state index < -0.39 is 0 Å². The summed E-state index contributed by atoms with van der Waals surface area (Å²) in [5, 5.41) is 8.86. The Morgan fingerprint density at radius 1 is 1.14 bits per heavy atom. The molecule has 0 aliphatic heterocycles. The van der Waals surface area contributed by atoms with Crippen molar-refractivity contribution in [2.75, 3.05) is 20.8 Å². The van der Waals surface area contributed by atoms with Crippen molar-refractivity contribution in [3.63, 3.8) is 0 Å². The molecule has 5 aromatic rings. The Morgan fingerprint density at radius 2 is 2.00 bits per heavy atom. The number of ether oxygens (including phenoxy) is 2. The maximum atomic E-state index is 12.0. The van der Waals surface area contributed by atoms with Crippen molar-refractivity contribution in [1.82, 2.24) is 24.9 Å². The minimum Gasteiger partial charge on any atom is -0.493 e. The fourth-order valence-electron chi connectivity index (χ4n) is 4.40. The molecule has 0 spiro atoms. The van der Waals surface area contributed by atoms with E-state index in [1.165, 1.54) is 0 Å². The van der Waals surface area contributed by atoms with E-state index in [9.17, 15) is 4.79 Å². The second kappa shape index (κ2) is 10.1. The highest BCUT2D eigenvalue weighted by atomic mass is 16.5. The molecule has 0 aliphatic rings. The van der Waals surface area contributed by atoms with Gasteiger partial charge in [0.05, 0.1) is 25.9 Å². The van der Waals surface area contributed by atoms with Crippen molar-refractivity contribution in [3.8, 4) is 22.6 Å². The highest BCUT2D eigenvalue weighted by Gasteiger charge is 2.15. The smallest absolute Gasteiger partial charge is 0.161 e. The third-order valence-electron chi connectivity index (χ3n) is 6.33. The molecule has 0 aliphatic carbocycles. The molecule has 8 nitrogen and oxygen atoms in total.